The summed E-state index contributed by atoms with van der Waals surface area (Å²) in [6.07, 6.45) is 1.24. The fourth-order valence-corrected chi connectivity index (χ4v) is 3.07. The number of sulfonamides is 1. The minimum absolute atomic E-state index is 0.0114. The quantitative estimate of drug-likeness (QED) is 0.595. The maximum atomic E-state index is 11.9. The number of carbonyl (C=O) groups is 1. The van der Waals surface area contributed by atoms with Crippen LogP contribution >= 0.6 is 0 Å². The van der Waals surface area contributed by atoms with Crippen LogP contribution in [-0.4, -0.2) is 36.5 Å². The summed E-state index contributed by atoms with van der Waals surface area (Å²) in [5, 5.41) is 15.8. The van der Waals surface area contributed by atoms with Crippen LogP contribution in [0.5, 0.6) is 0 Å². The molecule has 0 aliphatic carbocycles. The Kier molecular flexibility index (Phi) is 3.68. The van der Waals surface area contributed by atoms with Crippen LogP contribution in [0.4, 0.5) is 11.5 Å². The summed E-state index contributed by atoms with van der Waals surface area (Å²) in [5.41, 5.74) is 0.0689. The molecule has 1 aliphatic rings. The van der Waals surface area contributed by atoms with Crippen LogP contribution in [0.25, 0.3) is 0 Å². The summed E-state index contributed by atoms with van der Waals surface area (Å²) < 4.78 is 22.1. The molecule has 10 heteroatoms. The normalized spacial score (nSPS) is 19.4. The lowest BCUT2D eigenvalue weighted by molar-refractivity contribution is -0.388. The van der Waals surface area contributed by atoms with Gasteiger partial charge in [0.1, 0.15) is 11.9 Å². The van der Waals surface area contributed by atoms with E-state index in [1.165, 1.54) is 23.2 Å². The zero-order chi connectivity index (χ0) is 14.9. The van der Waals surface area contributed by atoms with Gasteiger partial charge in [-0.2, -0.15) is 0 Å². The molecule has 0 aromatic carbocycles. The Labute approximate surface area is 114 Å². The first kappa shape index (κ1) is 14.3. The number of anilines is 1. The molecule has 1 aliphatic heterocycles. The van der Waals surface area contributed by atoms with Gasteiger partial charge < -0.3 is 15.0 Å². The summed E-state index contributed by atoms with van der Waals surface area (Å²) in [5.74, 6) is -1.62. The number of pyridine rings is 1. The smallest absolute Gasteiger partial charge is 0.358 e. The predicted molar refractivity (Wildman–Crippen MR) is 69.3 cm³/mol. The van der Waals surface area contributed by atoms with Crippen molar-refractivity contribution in [3.63, 3.8) is 0 Å². The second-order valence-corrected chi connectivity index (χ2v) is 6.17. The van der Waals surface area contributed by atoms with E-state index >= 15 is 0 Å². The molecular formula is C10H12N4O5S. The zero-order valence-electron chi connectivity index (χ0n) is 10.3. The van der Waals surface area contributed by atoms with Crippen LogP contribution in [0.15, 0.2) is 18.3 Å². The van der Waals surface area contributed by atoms with Gasteiger partial charge in [0.2, 0.25) is 15.9 Å². The molecule has 1 unspecified atom stereocenters. The van der Waals surface area contributed by atoms with Crippen molar-refractivity contribution in [3.05, 3.63) is 28.4 Å². The summed E-state index contributed by atoms with van der Waals surface area (Å²) in [6, 6.07) is 2.88. The van der Waals surface area contributed by atoms with Gasteiger partial charge in [-0.1, -0.05) is 0 Å². The van der Waals surface area contributed by atoms with Crippen LogP contribution < -0.4 is 10.0 Å². The minimum Gasteiger partial charge on any atom is -0.358 e. The number of nitro groups is 1. The standard InChI is InChI=1S/C10H12N4O5S/c11-20(18,19)6-7-4-9(15)13(5-7)8-2-1-3-12-10(8)14(16)17/h1-3,7H,4-6H2,(H2,11,18,19). The fraction of sp³-hybridized carbons (Fsp3) is 0.400. The largest absolute Gasteiger partial charge is 0.387 e. The molecule has 2 N–H and O–H groups in total. The Hall–Kier alpha value is -2.07. The first-order valence-corrected chi connectivity index (χ1v) is 7.39. The lowest BCUT2D eigenvalue weighted by Gasteiger charge is -2.15. The first-order chi connectivity index (χ1) is 9.28. The van der Waals surface area contributed by atoms with Crippen molar-refractivity contribution < 1.29 is 18.1 Å². The second-order valence-electron chi connectivity index (χ2n) is 4.51. The topological polar surface area (TPSA) is 136 Å². The lowest BCUT2D eigenvalue weighted by Crippen LogP contribution is -2.28. The average molecular weight is 300 g/mol. The third kappa shape index (κ3) is 3.08. The van der Waals surface area contributed by atoms with E-state index in [-0.39, 0.29) is 30.3 Å². The van der Waals surface area contributed by atoms with Crippen molar-refractivity contribution in [3.8, 4) is 0 Å². The molecule has 0 saturated carbocycles. The molecule has 108 valence electrons. The van der Waals surface area contributed by atoms with Crippen LogP contribution in [-0.2, 0) is 14.8 Å². The first-order valence-electron chi connectivity index (χ1n) is 5.68. The molecule has 20 heavy (non-hydrogen) atoms. The summed E-state index contributed by atoms with van der Waals surface area (Å²) in [4.78, 5) is 26.9. The van der Waals surface area contributed by atoms with Crippen LogP contribution in [0.3, 0.4) is 0 Å². The van der Waals surface area contributed by atoms with Crippen molar-refractivity contribution in [2.24, 2.45) is 11.1 Å². The van der Waals surface area contributed by atoms with Crippen LogP contribution in [0.1, 0.15) is 6.42 Å². The van der Waals surface area contributed by atoms with Crippen LogP contribution in [0, 0.1) is 16.0 Å². The third-order valence-corrected chi connectivity index (χ3v) is 3.84. The summed E-state index contributed by atoms with van der Waals surface area (Å²) in [7, 11) is -3.69. The number of nitrogens with two attached hydrogens (primary N) is 1. The van der Waals surface area contributed by atoms with Crippen molar-refractivity contribution in [2.45, 2.75) is 6.42 Å². The van der Waals surface area contributed by atoms with E-state index < -0.39 is 26.7 Å². The number of carbonyl (C=O) groups excluding carboxylic acids is 1. The molecule has 1 atom stereocenters. The molecule has 1 aromatic heterocycles. The molecule has 0 spiro atoms. The Morgan fingerprint density at radius 3 is 2.85 bits per heavy atom. The van der Waals surface area contributed by atoms with Crippen molar-refractivity contribution >= 4 is 27.4 Å². The highest BCUT2D eigenvalue weighted by molar-refractivity contribution is 7.89. The number of nitrogens with zero attached hydrogens (tertiary/aromatic N) is 3. The Morgan fingerprint density at radius 1 is 1.55 bits per heavy atom. The number of aromatic nitrogens is 1. The monoisotopic (exact) mass is 300 g/mol. The van der Waals surface area contributed by atoms with Gasteiger partial charge in [-0.3, -0.25) is 4.79 Å². The van der Waals surface area contributed by atoms with Gasteiger partial charge in [-0.25, -0.2) is 13.6 Å². The maximum Gasteiger partial charge on any atom is 0.387 e. The molecule has 1 aromatic rings. The van der Waals surface area contributed by atoms with Crippen molar-refractivity contribution in [1.82, 2.24) is 4.98 Å². The average Bonchev–Trinajstić information content (AvgIpc) is 2.67. The maximum absolute atomic E-state index is 11.9. The molecule has 1 saturated heterocycles. The lowest BCUT2D eigenvalue weighted by atomic mass is 10.1. The number of hydrogen-bond donors (Lipinski definition) is 1. The van der Waals surface area contributed by atoms with E-state index in [4.69, 9.17) is 5.14 Å². The second kappa shape index (κ2) is 5.13. The Morgan fingerprint density at radius 2 is 2.25 bits per heavy atom. The van der Waals surface area contributed by atoms with E-state index in [9.17, 15) is 23.3 Å². The van der Waals surface area contributed by atoms with Gasteiger partial charge in [0, 0.05) is 18.9 Å². The summed E-state index contributed by atoms with van der Waals surface area (Å²) >= 11 is 0. The van der Waals surface area contributed by atoms with Gasteiger partial charge in [0.15, 0.2) is 0 Å². The van der Waals surface area contributed by atoms with Crippen molar-refractivity contribution in [2.75, 3.05) is 17.2 Å². The highest BCUT2D eigenvalue weighted by Crippen LogP contribution is 2.31. The van der Waals surface area contributed by atoms with Gasteiger partial charge in [0.05, 0.1) is 5.75 Å². The van der Waals surface area contributed by atoms with E-state index in [0.29, 0.717) is 0 Å². The molecule has 2 heterocycles. The van der Waals surface area contributed by atoms with E-state index in [2.05, 4.69) is 4.98 Å². The molecule has 0 radical (unpaired) electrons. The number of rotatable bonds is 4. The Bertz CT molecular complexity index is 659. The molecule has 9 nitrogen and oxygen atoms in total. The van der Waals surface area contributed by atoms with Gasteiger partial charge >= 0.3 is 5.82 Å². The van der Waals surface area contributed by atoms with E-state index in [0.717, 1.165) is 0 Å². The highest BCUT2D eigenvalue weighted by Gasteiger charge is 2.36. The molecule has 0 bridgehead atoms. The SMILES string of the molecule is NS(=O)(=O)CC1CC(=O)N(c2cccnc2[N+](=O)[O-])C1. The van der Waals surface area contributed by atoms with E-state index in [1.807, 2.05) is 0 Å². The minimum atomic E-state index is -3.69. The van der Waals surface area contributed by atoms with Gasteiger partial charge in [0.25, 0.3) is 0 Å². The zero-order valence-corrected chi connectivity index (χ0v) is 11.1. The van der Waals surface area contributed by atoms with Crippen LogP contribution in [0.2, 0.25) is 0 Å². The van der Waals surface area contributed by atoms with Gasteiger partial charge in [-0.15, -0.1) is 0 Å². The fourth-order valence-electron chi connectivity index (χ4n) is 2.19. The summed E-state index contributed by atoms with van der Waals surface area (Å²) in [6.45, 7) is 0.0712. The van der Waals surface area contributed by atoms with Crippen molar-refractivity contribution in [1.29, 1.82) is 0 Å². The van der Waals surface area contributed by atoms with Gasteiger partial charge in [-0.05, 0) is 22.0 Å². The third-order valence-electron chi connectivity index (χ3n) is 2.90. The number of hydrogen-bond acceptors (Lipinski definition) is 6. The molecular weight excluding hydrogens is 288 g/mol. The molecule has 2 rings (SSSR count). The number of primary sulfonamides is 1. The van der Waals surface area contributed by atoms with E-state index in [1.54, 1.807) is 0 Å². The molecule has 1 amide bonds. The Balaban J connectivity index is 2.27. The highest BCUT2D eigenvalue weighted by atomic mass is 32.2. The molecule has 1 fully saturated rings. The number of amides is 1. The predicted octanol–water partition coefficient (Wildman–Crippen LogP) is -0.369.